The van der Waals surface area contributed by atoms with Gasteiger partial charge in [-0.15, -0.1) is 0 Å². The summed E-state index contributed by atoms with van der Waals surface area (Å²) in [4.78, 5) is 17.6. The summed E-state index contributed by atoms with van der Waals surface area (Å²) >= 11 is 0. The number of furan rings is 1. The Hall–Kier alpha value is -2.73. The summed E-state index contributed by atoms with van der Waals surface area (Å²) in [6.45, 7) is 9.86. The third kappa shape index (κ3) is 4.32. The molecule has 0 saturated carbocycles. The maximum absolute atomic E-state index is 13.2. The number of hydrogen-bond acceptors (Lipinski definition) is 4. The minimum atomic E-state index is 0.0915. The third-order valence-corrected chi connectivity index (χ3v) is 5.58. The molecule has 1 aliphatic heterocycles. The standard InChI is InChI=1S/C23H29N3O3/c1-3-24-11-13-25(14-12-24)23(27)21-17-22-20(16-18(2)29-22)26(21)10-7-15-28-19-8-5-4-6-9-19/h4-6,8-9,16-17H,3,7,10-15H2,1-2H3. The Kier molecular flexibility index (Phi) is 5.90. The van der Waals surface area contributed by atoms with Crippen LogP contribution in [0.2, 0.25) is 0 Å². The van der Waals surface area contributed by atoms with Crippen LogP contribution in [0.25, 0.3) is 11.1 Å². The maximum Gasteiger partial charge on any atom is 0.270 e. The van der Waals surface area contributed by atoms with E-state index in [1.807, 2.05) is 54.3 Å². The van der Waals surface area contributed by atoms with Crippen molar-refractivity contribution in [3.63, 3.8) is 0 Å². The van der Waals surface area contributed by atoms with Crippen LogP contribution < -0.4 is 4.74 Å². The molecule has 29 heavy (non-hydrogen) atoms. The highest BCUT2D eigenvalue weighted by Gasteiger charge is 2.25. The van der Waals surface area contributed by atoms with Crippen LogP contribution in [0.4, 0.5) is 0 Å². The van der Waals surface area contributed by atoms with E-state index in [4.69, 9.17) is 9.15 Å². The zero-order valence-electron chi connectivity index (χ0n) is 17.3. The number of benzene rings is 1. The predicted molar refractivity (Wildman–Crippen MR) is 114 cm³/mol. The van der Waals surface area contributed by atoms with Gasteiger partial charge in [0.15, 0.2) is 5.58 Å². The average Bonchev–Trinajstić information content (AvgIpc) is 3.28. The Morgan fingerprint density at radius 1 is 1.10 bits per heavy atom. The number of rotatable bonds is 7. The zero-order chi connectivity index (χ0) is 20.2. The molecule has 1 amide bonds. The van der Waals surface area contributed by atoms with Crippen molar-refractivity contribution in [2.75, 3.05) is 39.3 Å². The highest BCUT2D eigenvalue weighted by Crippen LogP contribution is 2.25. The number of amides is 1. The first-order valence-electron chi connectivity index (χ1n) is 10.4. The summed E-state index contributed by atoms with van der Waals surface area (Å²) in [6.07, 6.45) is 0.812. The molecule has 154 valence electrons. The van der Waals surface area contributed by atoms with Crippen LogP contribution in [0, 0.1) is 6.92 Å². The highest BCUT2D eigenvalue weighted by molar-refractivity contribution is 5.97. The lowest BCUT2D eigenvalue weighted by Crippen LogP contribution is -2.48. The first-order chi connectivity index (χ1) is 14.2. The van der Waals surface area contributed by atoms with E-state index >= 15 is 0 Å². The van der Waals surface area contributed by atoms with Gasteiger partial charge in [-0.25, -0.2) is 0 Å². The Bertz CT molecular complexity index is 953. The van der Waals surface area contributed by atoms with E-state index in [1.54, 1.807) is 0 Å². The summed E-state index contributed by atoms with van der Waals surface area (Å²) in [5.41, 5.74) is 2.48. The number of nitrogens with zero attached hydrogens (tertiary/aromatic N) is 3. The molecule has 1 aromatic carbocycles. The van der Waals surface area contributed by atoms with Crippen molar-refractivity contribution in [3.05, 3.63) is 53.9 Å². The van der Waals surface area contributed by atoms with Gasteiger partial charge in [-0.2, -0.15) is 0 Å². The van der Waals surface area contributed by atoms with Gasteiger partial charge >= 0.3 is 0 Å². The second-order valence-electron chi connectivity index (χ2n) is 7.53. The lowest BCUT2D eigenvalue weighted by molar-refractivity contribution is 0.0632. The first kappa shape index (κ1) is 19.6. The molecule has 1 saturated heterocycles. The number of carbonyl (C=O) groups excluding carboxylic acids is 1. The van der Waals surface area contributed by atoms with E-state index in [0.29, 0.717) is 18.8 Å². The smallest absolute Gasteiger partial charge is 0.270 e. The minimum absolute atomic E-state index is 0.0915. The van der Waals surface area contributed by atoms with Crippen LogP contribution in [0.1, 0.15) is 29.6 Å². The molecule has 4 rings (SSSR count). The Labute approximate surface area is 171 Å². The molecule has 1 fully saturated rings. The normalized spacial score (nSPS) is 15.2. The van der Waals surface area contributed by atoms with E-state index in [-0.39, 0.29) is 5.91 Å². The number of aromatic nitrogens is 1. The van der Waals surface area contributed by atoms with E-state index in [1.165, 1.54) is 0 Å². The number of fused-ring (bicyclic) bond motifs is 1. The van der Waals surface area contributed by atoms with Gasteiger partial charge in [0.25, 0.3) is 5.91 Å². The summed E-state index contributed by atoms with van der Waals surface area (Å²) in [5.74, 6) is 1.82. The van der Waals surface area contributed by atoms with Gasteiger partial charge in [0, 0.05) is 44.9 Å². The van der Waals surface area contributed by atoms with Crippen molar-refractivity contribution in [3.8, 4) is 5.75 Å². The molecule has 0 N–H and O–H groups in total. The lowest BCUT2D eigenvalue weighted by atomic mass is 10.2. The van der Waals surface area contributed by atoms with E-state index in [2.05, 4.69) is 16.4 Å². The van der Waals surface area contributed by atoms with Gasteiger partial charge in [-0.1, -0.05) is 25.1 Å². The maximum atomic E-state index is 13.2. The number of hydrogen-bond donors (Lipinski definition) is 0. The molecular formula is C23H29N3O3. The monoisotopic (exact) mass is 395 g/mol. The topological polar surface area (TPSA) is 50.8 Å². The number of likely N-dealkylation sites (N-methyl/N-ethyl adjacent to an activating group) is 1. The van der Waals surface area contributed by atoms with E-state index in [9.17, 15) is 4.79 Å². The SMILES string of the molecule is CCN1CCN(C(=O)c2cc3oc(C)cc3n2CCCOc2ccccc2)CC1. The van der Waals surface area contributed by atoms with Crippen molar-refractivity contribution in [2.24, 2.45) is 0 Å². The van der Waals surface area contributed by atoms with Crippen molar-refractivity contribution in [1.82, 2.24) is 14.4 Å². The van der Waals surface area contributed by atoms with Crippen molar-refractivity contribution < 1.29 is 13.9 Å². The van der Waals surface area contributed by atoms with Crippen LogP contribution in [-0.4, -0.2) is 59.6 Å². The van der Waals surface area contributed by atoms with Crippen LogP contribution in [-0.2, 0) is 6.54 Å². The fraction of sp³-hybridized carbons (Fsp3) is 0.435. The molecule has 0 spiro atoms. The van der Waals surface area contributed by atoms with Gasteiger partial charge in [-0.3, -0.25) is 4.79 Å². The largest absolute Gasteiger partial charge is 0.494 e. The number of para-hydroxylation sites is 1. The van der Waals surface area contributed by atoms with Gasteiger partial charge in [0.1, 0.15) is 17.2 Å². The van der Waals surface area contributed by atoms with Crippen LogP contribution in [0.5, 0.6) is 5.75 Å². The highest BCUT2D eigenvalue weighted by atomic mass is 16.5. The summed E-state index contributed by atoms with van der Waals surface area (Å²) < 4.78 is 13.7. The molecule has 2 aromatic heterocycles. The Morgan fingerprint density at radius 3 is 2.59 bits per heavy atom. The Balaban J connectivity index is 1.47. The molecule has 0 aliphatic carbocycles. The average molecular weight is 396 g/mol. The number of aryl methyl sites for hydroxylation is 2. The number of ether oxygens (including phenoxy) is 1. The van der Waals surface area contributed by atoms with E-state index < -0.39 is 0 Å². The van der Waals surface area contributed by atoms with Gasteiger partial charge in [-0.05, 0) is 32.0 Å². The predicted octanol–water partition coefficient (Wildman–Crippen LogP) is 3.79. The summed E-state index contributed by atoms with van der Waals surface area (Å²) in [5, 5.41) is 0. The lowest BCUT2D eigenvalue weighted by Gasteiger charge is -2.34. The van der Waals surface area contributed by atoms with Crippen LogP contribution >= 0.6 is 0 Å². The molecule has 6 nitrogen and oxygen atoms in total. The zero-order valence-corrected chi connectivity index (χ0v) is 17.3. The molecular weight excluding hydrogens is 366 g/mol. The molecule has 0 radical (unpaired) electrons. The number of piperazine rings is 1. The van der Waals surface area contributed by atoms with Gasteiger partial charge < -0.3 is 23.5 Å². The van der Waals surface area contributed by atoms with Crippen molar-refractivity contribution >= 4 is 17.0 Å². The molecule has 0 bridgehead atoms. The minimum Gasteiger partial charge on any atom is -0.494 e. The number of carbonyl (C=O) groups is 1. The molecule has 1 aliphatic rings. The molecule has 0 atom stereocenters. The quantitative estimate of drug-likeness (QED) is 0.571. The summed E-state index contributed by atoms with van der Waals surface area (Å²) in [6, 6.07) is 13.7. The molecule has 0 unspecified atom stereocenters. The Morgan fingerprint density at radius 2 is 1.86 bits per heavy atom. The molecule has 3 aromatic rings. The third-order valence-electron chi connectivity index (χ3n) is 5.58. The second kappa shape index (κ2) is 8.74. The van der Waals surface area contributed by atoms with Crippen LogP contribution in [0.3, 0.4) is 0 Å². The fourth-order valence-electron chi connectivity index (χ4n) is 3.94. The second-order valence-corrected chi connectivity index (χ2v) is 7.53. The molecule has 3 heterocycles. The first-order valence-corrected chi connectivity index (χ1v) is 10.4. The van der Waals surface area contributed by atoms with E-state index in [0.717, 1.165) is 61.8 Å². The van der Waals surface area contributed by atoms with Crippen LogP contribution in [0.15, 0.2) is 46.9 Å². The van der Waals surface area contributed by atoms with Gasteiger partial charge in [0.2, 0.25) is 0 Å². The summed E-state index contributed by atoms with van der Waals surface area (Å²) in [7, 11) is 0. The van der Waals surface area contributed by atoms with Gasteiger partial charge in [0.05, 0.1) is 12.1 Å². The van der Waals surface area contributed by atoms with Crippen molar-refractivity contribution in [1.29, 1.82) is 0 Å². The molecule has 6 heteroatoms. The fourth-order valence-corrected chi connectivity index (χ4v) is 3.94. The van der Waals surface area contributed by atoms with Crippen molar-refractivity contribution in [2.45, 2.75) is 26.8 Å².